The van der Waals surface area contributed by atoms with Gasteiger partial charge >= 0.3 is 0 Å². The molecule has 0 radical (unpaired) electrons. The minimum absolute atomic E-state index is 0.204. The quantitative estimate of drug-likeness (QED) is 0.197. The highest BCUT2D eigenvalue weighted by Crippen LogP contribution is 2.49. The first-order valence-corrected chi connectivity index (χ1v) is 12.1. The second-order valence-electron chi connectivity index (χ2n) is 9.28. The van der Waals surface area contributed by atoms with E-state index < -0.39 is 0 Å². The highest BCUT2D eigenvalue weighted by molar-refractivity contribution is 6.42. The van der Waals surface area contributed by atoms with Crippen LogP contribution in [0, 0.1) is 0 Å². The van der Waals surface area contributed by atoms with Crippen LogP contribution in [0.15, 0.2) is 109 Å². The summed E-state index contributed by atoms with van der Waals surface area (Å²) in [5.41, 5.74) is 6.02. The third-order valence-corrected chi connectivity index (χ3v) is 7.15. The summed E-state index contributed by atoms with van der Waals surface area (Å²) in [5.74, 6) is 0.403. The fraction of sp³-hybridized carbons (Fsp3) is 0.0312. The average molecular weight is 480 g/mol. The number of anilines is 5. The molecule has 0 fully saturated rings. The fourth-order valence-corrected chi connectivity index (χ4v) is 5.29. The van der Waals surface area contributed by atoms with Gasteiger partial charge in [-0.2, -0.15) is 0 Å². The lowest BCUT2D eigenvalue weighted by Gasteiger charge is -2.37. The molecule has 2 aliphatic rings. The molecular formula is C32H21N3O2. The van der Waals surface area contributed by atoms with Crippen molar-refractivity contribution in [1.29, 1.82) is 0 Å². The third kappa shape index (κ3) is 3.21. The number of pyridine rings is 1. The van der Waals surface area contributed by atoms with Crippen molar-refractivity contribution < 1.29 is 9.59 Å². The minimum Gasteiger partial charge on any atom is -0.340 e. The molecule has 0 spiro atoms. The Morgan fingerprint density at radius 3 is 1.95 bits per heavy atom. The number of benzene rings is 4. The van der Waals surface area contributed by atoms with E-state index in [1.54, 1.807) is 12.3 Å². The van der Waals surface area contributed by atoms with Gasteiger partial charge in [0.2, 0.25) is 0 Å². The lowest BCUT2D eigenvalue weighted by molar-refractivity contribution is 0.0990. The van der Waals surface area contributed by atoms with Gasteiger partial charge in [0.1, 0.15) is 0 Å². The molecule has 5 aromatic rings. The van der Waals surface area contributed by atoms with E-state index in [1.807, 2.05) is 85.9 Å². The topological polar surface area (TPSA) is 53.5 Å². The minimum atomic E-state index is -0.221. The molecule has 1 aliphatic carbocycles. The van der Waals surface area contributed by atoms with Gasteiger partial charge in [0.15, 0.2) is 17.4 Å². The van der Waals surface area contributed by atoms with Crippen molar-refractivity contribution in [3.05, 3.63) is 126 Å². The molecule has 0 saturated carbocycles. The zero-order valence-electron chi connectivity index (χ0n) is 20.1. The first kappa shape index (κ1) is 21.3. The largest absolute Gasteiger partial charge is 0.340 e. The lowest BCUT2D eigenvalue weighted by Crippen LogP contribution is -2.24. The van der Waals surface area contributed by atoms with Crippen molar-refractivity contribution in [2.45, 2.75) is 0 Å². The molecule has 1 aliphatic heterocycles. The molecule has 0 N–H and O–H groups in total. The molecule has 0 amide bonds. The maximum Gasteiger partial charge on any atom is 0.197 e. The van der Waals surface area contributed by atoms with Crippen LogP contribution in [0.1, 0.15) is 26.3 Å². The number of aromatic nitrogens is 1. The smallest absolute Gasteiger partial charge is 0.197 e. The zero-order valence-corrected chi connectivity index (χ0v) is 20.1. The summed E-state index contributed by atoms with van der Waals surface area (Å²) >= 11 is 0. The predicted octanol–water partition coefficient (Wildman–Crippen LogP) is 7.25. The Kier molecular flexibility index (Phi) is 4.60. The first-order valence-electron chi connectivity index (χ1n) is 12.1. The molecule has 1 aromatic heterocycles. The summed E-state index contributed by atoms with van der Waals surface area (Å²) in [6.45, 7) is 0. The molecule has 0 bridgehead atoms. The van der Waals surface area contributed by atoms with E-state index in [1.165, 1.54) is 0 Å². The van der Waals surface area contributed by atoms with Crippen molar-refractivity contribution in [3.8, 4) is 0 Å². The van der Waals surface area contributed by atoms with Crippen LogP contribution in [0.4, 0.5) is 28.6 Å². The van der Waals surface area contributed by atoms with Gasteiger partial charge in [-0.05, 0) is 70.9 Å². The number of carbonyl (C=O) groups excluding carboxylic acids is 2. The Morgan fingerprint density at radius 2 is 1.27 bits per heavy atom. The number of hydrogen-bond acceptors (Lipinski definition) is 5. The molecule has 37 heavy (non-hydrogen) atoms. The molecule has 176 valence electrons. The maximum absolute atomic E-state index is 13.2. The molecule has 0 saturated heterocycles. The number of allylic oxidation sites excluding steroid dienone is 1. The number of ketones is 2. The van der Waals surface area contributed by atoms with Gasteiger partial charge in [0.05, 0.1) is 22.6 Å². The standard InChI is InChI=1S/C32H21N3O2/c1-34-27-9-4-5-10-28(27)35(32-29(34)11-6-16-33-32)23-14-12-20(13-15-23)17-26-30(36)24-18-21-7-2-3-8-22(21)19-25(24)31(26)37/h2-19H,1H3. The summed E-state index contributed by atoms with van der Waals surface area (Å²) in [6.07, 6.45) is 3.49. The van der Waals surface area contributed by atoms with Gasteiger partial charge in [-0.3, -0.25) is 14.5 Å². The van der Waals surface area contributed by atoms with Crippen molar-refractivity contribution in [2.75, 3.05) is 16.8 Å². The zero-order chi connectivity index (χ0) is 25.1. The molecule has 5 heteroatoms. The average Bonchev–Trinajstić information content (AvgIpc) is 3.17. The number of Topliss-reactive ketones (excluding diaryl/α,β-unsaturated/α-hetero) is 2. The Labute approximate surface area is 213 Å². The van der Waals surface area contributed by atoms with Crippen LogP contribution in [0.3, 0.4) is 0 Å². The molecular weight excluding hydrogens is 458 g/mol. The summed E-state index contributed by atoms with van der Waals surface area (Å²) in [7, 11) is 2.04. The third-order valence-electron chi connectivity index (χ3n) is 7.15. The Balaban J connectivity index is 1.27. The van der Waals surface area contributed by atoms with E-state index in [9.17, 15) is 9.59 Å². The van der Waals surface area contributed by atoms with Gasteiger partial charge in [-0.15, -0.1) is 0 Å². The number of rotatable bonds is 2. The van der Waals surface area contributed by atoms with E-state index in [2.05, 4.69) is 33.0 Å². The van der Waals surface area contributed by atoms with E-state index in [0.717, 1.165) is 44.9 Å². The molecule has 4 aromatic carbocycles. The molecule has 7 rings (SSSR count). The van der Waals surface area contributed by atoms with Crippen LogP contribution in [0.5, 0.6) is 0 Å². The van der Waals surface area contributed by atoms with Crippen LogP contribution in [0.25, 0.3) is 16.8 Å². The van der Waals surface area contributed by atoms with E-state index in [0.29, 0.717) is 11.1 Å². The lowest BCUT2D eigenvalue weighted by atomic mass is 10.0. The second kappa shape index (κ2) is 8.00. The van der Waals surface area contributed by atoms with Crippen molar-refractivity contribution in [1.82, 2.24) is 4.98 Å². The molecule has 2 heterocycles. The van der Waals surface area contributed by atoms with Gasteiger partial charge < -0.3 is 4.90 Å². The number of carbonyl (C=O) groups is 2. The SMILES string of the molecule is CN1c2ccccc2N(c2ccc(C=C3C(=O)c4cc5ccccc5cc4C3=O)cc2)c2ncccc21. The van der Waals surface area contributed by atoms with Crippen LogP contribution in [-0.4, -0.2) is 23.6 Å². The predicted molar refractivity (Wildman–Crippen MR) is 148 cm³/mol. The van der Waals surface area contributed by atoms with Crippen molar-refractivity contribution in [3.63, 3.8) is 0 Å². The number of fused-ring (bicyclic) bond motifs is 4. The second-order valence-corrected chi connectivity index (χ2v) is 9.28. The van der Waals surface area contributed by atoms with Gasteiger partial charge in [0, 0.05) is 30.1 Å². The Hall–Kier alpha value is -5.03. The highest BCUT2D eigenvalue weighted by atomic mass is 16.2. The van der Waals surface area contributed by atoms with E-state index >= 15 is 0 Å². The first-order chi connectivity index (χ1) is 18.1. The molecule has 5 nitrogen and oxygen atoms in total. The van der Waals surface area contributed by atoms with Gasteiger partial charge in [-0.1, -0.05) is 48.5 Å². The van der Waals surface area contributed by atoms with Crippen LogP contribution in [0.2, 0.25) is 0 Å². The summed E-state index contributed by atoms with van der Waals surface area (Å²) in [6, 6.07) is 31.5. The number of nitrogens with zero attached hydrogens (tertiary/aromatic N) is 3. The molecule has 0 atom stereocenters. The monoisotopic (exact) mass is 479 g/mol. The highest BCUT2D eigenvalue weighted by Gasteiger charge is 2.33. The van der Waals surface area contributed by atoms with Crippen LogP contribution in [-0.2, 0) is 0 Å². The fourth-order valence-electron chi connectivity index (χ4n) is 5.29. The van der Waals surface area contributed by atoms with E-state index in [4.69, 9.17) is 0 Å². The van der Waals surface area contributed by atoms with Gasteiger partial charge in [-0.25, -0.2) is 4.98 Å². The number of para-hydroxylation sites is 2. The summed E-state index contributed by atoms with van der Waals surface area (Å²) in [5, 5.41) is 1.91. The van der Waals surface area contributed by atoms with Crippen molar-refractivity contribution in [2.24, 2.45) is 0 Å². The normalized spacial score (nSPS) is 14.0. The van der Waals surface area contributed by atoms with Crippen LogP contribution >= 0.6 is 0 Å². The van der Waals surface area contributed by atoms with Gasteiger partial charge in [0.25, 0.3) is 0 Å². The Morgan fingerprint density at radius 1 is 0.676 bits per heavy atom. The Bertz CT molecular complexity index is 1680. The van der Waals surface area contributed by atoms with Crippen LogP contribution < -0.4 is 9.80 Å². The summed E-state index contributed by atoms with van der Waals surface area (Å²) in [4.78, 5) is 35.3. The van der Waals surface area contributed by atoms with E-state index in [-0.39, 0.29) is 17.1 Å². The molecule has 0 unspecified atom stereocenters. The number of hydrogen-bond donors (Lipinski definition) is 0. The van der Waals surface area contributed by atoms with Crippen molar-refractivity contribution >= 4 is 57.0 Å². The summed E-state index contributed by atoms with van der Waals surface area (Å²) < 4.78 is 0. The maximum atomic E-state index is 13.2.